The molecular weight excluding hydrogens is 286 g/mol. The molecule has 1 aromatic rings. The number of aryl methyl sites for hydroxylation is 1. The SMILES string of the molecule is CCNC(CC(CC)CC)c1ccc(C)cc1Br. The van der Waals surface area contributed by atoms with Gasteiger partial charge in [0.25, 0.3) is 0 Å². The molecule has 0 spiro atoms. The molecule has 18 heavy (non-hydrogen) atoms. The van der Waals surface area contributed by atoms with Crippen LogP contribution in [0, 0.1) is 12.8 Å². The Kier molecular flexibility index (Phi) is 6.95. The molecule has 0 aliphatic heterocycles. The van der Waals surface area contributed by atoms with Gasteiger partial charge in [0.1, 0.15) is 0 Å². The van der Waals surface area contributed by atoms with Gasteiger partial charge in [0, 0.05) is 10.5 Å². The molecule has 0 fully saturated rings. The van der Waals surface area contributed by atoms with Crippen LogP contribution in [0.2, 0.25) is 0 Å². The predicted octanol–water partition coefficient (Wildman–Crippen LogP) is 5.23. The van der Waals surface area contributed by atoms with Crippen molar-refractivity contribution in [3.05, 3.63) is 33.8 Å². The van der Waals surface area contributed by atoms with Crippen LogP contribution < -0.4 is 5.32 Å². The molecule has 0 saturated heterocycles. The van der Waals surface area contributed by atoms with Crippen LogP contribution in [-0.4, -0.2) is 6.54 Å². The standard InChI is InChI=1S/C16H26BrN/c1-5-13(6-2)11-16(18-7-3)14-9-8-12(4)10-15(14)17/h8-10,13,16,18H,5-7,11H2,1-4H3. The molecule has 0 heterocycles. The summed E-state index contributed by atoms with van der Waals surface area (Å²) in [5.41, 5.74) is 2.71. The maximum Gasteiger partial charge on any atom is 0.0333 e. The van der Waals surface area contributed by atoms with Crippen LogP contribution in [0.1, 0.15) is 57.2 Å². The van der Waals surface area contributed by atoms with Crippen molar-refractivity contribution in [2.45, 2.75) is 53.0 Å². The van der Waals surface area contributed by atoms with Crippen molar-refractivity contribution in [1.82, 2.24) is 5.32 Å². The largest absolute Gasteiger partial charge is 0.310 e. The third kappa shape index (κ3) is 4.40. The molecular formula is C16H26BrN. The number of hydrogen-bond donors (Lipinski definition) is 1. The molecule has 1 rings (SSSR count). The van der Waals surface area contributed by atoms with Gasteiger partial charge in [0.05, 0.1) is 0 Å². The number of rotatable bonds is 7. The van der Waals surface area contributed by atoms with Crippen molar-refractivity contribution >= 4 is 15.9 Å². The Bertz CT molecular complexity index is 358. The fraction of sp³-hybridized carbons (Fsp3) is 0.625. The zero-order valence-corrected chi connectivity index (χ0v) is 13.7. The van der Waals surface area contributed by atoms with Gasteiger partial charge in [0.2, 0.25) is 0 Å². The highest BCUT2D eigenvalue weighted by molar-refractivity contribution is 9.10. The van der Waals surface area contributed by atoms with E-state index in [0.717, 1.165) is 12.5 Å². The molecule has 0 bridgehead atoms. The van der Waals surface area contributed by atoms with E-state index in [1.165, 1.54) is 34.9 Å². The van der Waals surface area contributed by atoms with Crippen molar-refractivity contribution in [2.75, 3.05) is 6.54 Å². The molecule has 1 N–H and O–H groups in total. The number of hydrogen-bond acceptors (Lipinski definition) is 1. The van der Waals surface area contributed by atoms with E-state index in [-0.39, 0.29) is 0 Å². The number of nitrogens with one attached hydrogen (secondary N) is 1. The Labute approximate surface area is 120 Å². The summed E-state index contributed by atoms with van der Waals surface area (Å²) in [5, 5.41) is 3.63. The summed E-state index contributed by atoms with van der Waals surface area (Å²) in [4.78, 5) is 0. The van der Waals surface area contributed by atoms with E-state index < -0.39 is 0 Å². The second kappa shape index (κ2) is 7.96. The van der Waals surface area contributed by atoms with Gasteiger partial charge in [-0.15, -0.1) is 0 Å². The van der Waals surface area contributed by atoms with Gasteiger partial charge in [-0.05, 0) is 43.0 Å². The number of halogens is 1. The first kappa shape index (κ1) is 15.7. The van der Waals surface area contributed by atoms with Crippen molar-refractivity contribution < 1.29 is 0 Å². The summed E-state index contributed by atoms with van der Waals surface area (Å²) >= 11 is 3.71. The van der Waals surface area contributed by atoms with Crippen LogP contribution >= 0.6 is 15.9 Å². The molecule has 102 valence electrons. The Balaban J connectivity index is 2.89. The fourth-order valence-electron chi connectivity index (χ4n) is 2.44. The minimum atomic E-state index is 0.467. The van der Waals surface area contributed by atoms with E-state index in [9.17, 15) is 0 Å². The van der Waals surface area contributed by atoms with E-state index in [2.05, 4.69) is 67.1 Å². The molecule has 0 aliphatic rings. The number of benzene rings is 1. The Morgan fingerprint density at radius 2 is 1.83 bits per heavy atom. The smallest absolute Gasteiger partial charge is 0.0333 e. The summed E-state index contributed by atoms with van der Waals surface area (Å²) < 4.78 is 1.24. The zero-order chi connectivity index (χ0) is 13.5. The lowest BCUT2D eigenvalue weighted by Gasteiger charge is -2.24. The lowest BCUT2D eigenvalue weighted by atomic mass is 9.91. The van der Waals surface area contributed by atoms with Crippen LogP contribution in [0.3, 0.4) is 0 Å². The Morgan fingerprint density at radius 3 is 2.33 bits per heavy atom. The minimum Gasteiger partial charge on any atom is -0.310 e. The highest BCUT2D eigenvalue weighted by atomic mass is 79.9. The van der Waals surface area contributed by atoms with Crippen molar-refractivity contribution in [2.24, 2.45) is 5.92 Å². The van der Waals surface area contributed by atoms with E-state index >= 15 is 0 Å². The van der Waals surface area contributed by atoms with Gasteiger partial charge >= 0.3 is 0 Å². The highest BCUT2D eigenvalue weighted by Crippen LogP contribution is 2.30. The molecule has 1 aromatic carbocycles. The molecule has 0 aromatic heterocycles. The molecule has 1 atom stereocenters. The van der Waals surface area contributed by atoms with Crippen LogP contribution in [0.4, 0.5) is 0 Å². The molecule has 0 aliphatic carbocycles. The maximum atomic E-state index is 3.71. The van der Waals surface area contributed by atoms with Crippen LogP contribution in [0.25, 0.3) is 0 Å². The fourth-order valence-corrected chi connectivity index (χ4v) is 3.21. The average Bonchev–Trinajstić information content (AvgIpc) is 2.35. The quantitative estimate of drug-likeness (QED) is 0.726. The third-order valence-electron chi connectivity index (χ3n) is 3.71. The lowest BCUT2D eigenvalue weighted by Crippen LogP contribution is -2.23. The van der Waals surface area contributed by atoms with Gasteiger partial charge in [0.15, 0.2) is 0 Å². The van der Waals surface area contributed by atoms with Gasteiger partial charge in [-0.3, -0.25) is 0 Å². The molecule has 1 unspecified atom stereocenters. The van der Waals surface area contributed by atoms with Crippen molar-refractivity contribution in [3.8, 4) is 0 Å². The van der Waals surface area contributed by atoms with Crippen LogP contribution in [-0.2, 0) is 0 Å². The topological polar surface area (TPSA) is 12.0 Å². The van der Waals surface area contributed by atoms with E-state index in [1.807, 2.05) is 0 Å². The summed E-state index contributed by atoms with van der Waals surface area (Å²) in [6.45, 7) is 9.92. The zero-order valence-electron chi connectivity index (χ0n) is 12.1. The summed E-state index contributed by atoms with van der Waals surface area (Å²) in [6.07, 6.45) is 3.76. The highest BCUT2D eigenvalue weighted by Gasteiger charge is 2.17. The Morgan fingerprint density at radius 1 is 1.17 bits per heavy atom. The monoisotopic (exact) mass is 311 g/mol. The average molecular weight is 312 g/mol. The molecule has 1 nitrogen and oxygen atoms in total. The first-order chi connectivity index (χ1) is 8.62. The summed E-state index contributed by atoms with van der Waals surface area (Å²) in [6, 6.07) is 7.15. The second-order valence-electron chi connectivity index (χ2n) is 5.05. The van der Waals surface area contributed by atoms with Gasteiger partial charge in [-0.1, -0.05) is 61.7 Å². The van der Waals surface area contributed by atoms with E-state index in [1.54, 1.807) is 0 Å². The lowest BCUT2D eigenvalue weighted by molar-refractivity contribution is 0.375. The second-order valence-corrected chi connectivity index (χ2v) is 5.91. The summed E-state index contributed by atoms with van der Waals surface area (Å²) in [5.74, 6) is 0.808. The third-order valence-corrected chi connectivity index (χ3v) is 4.39. The molecule has 0 saturated carbocycles. The normalized spacial score (nSPS) is 13.0. The van der Waals surface area contributed by atoms with Gasteiger partial charge in [-0.25, -0.2) is 0 Å². The minimum absolute atomic E-state index is 0.467. The first-order valence-corrected chi connectivity index (χ1v) is 7.91. The summed E-state index contributed by atoms with van der Waals surface area (Å²) in [7, 11) is 0. The van der Waals surface area contributed by atoms with Crippen LogP contribution in [0.15, 0.2) is 22.7 Å². The van der Waals surface area contributed by atoms with E-state index in [0.29, 0.717) is 6.04 Å². The molecule has 2 heteroatoms. The van der Waals surface area contributed by atoms with Gasteiger partial charge < -0.3 is 5.32 Å². The molecule has 0 radical (unpaired) electrons. The van der Waals surface area contributed by atoms with Crippen LogP contribution in [0.5, 0.6) is 0 Å². The van der Waals surface area contributed by atoms with Gasteiger partial charge in [-0.2, -0.15) is 0 Å². The Hall–Kier alpha value is -0.340. The van der Waals surface area contributed by atoms with Crippen molar-refractivity contribution in [1.29, 1.82) is 0 Å². The van der Waals surface area contributed by atoms with E-state index in [4.69, 9.17) is 0 Å². The maximum absolute atomic E-state index is 3.71. The first-order valence-electron chi connectivity index (χ1n) is 7.11. The van der Waals surface area contributed by atoms with Crippen molar-refractivity contribution in [3.63, 3.8) is 0 Å². The predicted molar refractivity (Wildman–Crippen MR) is 84.0 cm³/mol. The molecule has 0 amide bonds.